The van der Waals surface area contributed by atoms with Gasteiger partial charge in [-0.3, -0.25) is 15.0 Å². The van der Waals surface area contributed by atoms with Gasteiger partial charge in [0.25, 0.3) is 0 Å². The van der Waals surface area contributed by atoms with Gasteiger partial charge in [-0.25, -0.2) is 8.78 Å². The third kappa shape index (κ3) is 15.8. The summed E-state index contributed by atoms with van der Waals surface area (Å²) in [6, 6.07) is 28.2. The van der Waals surface area contributed by atoms with Gasteiger partial charge in [-0.2, -0.15) is 15.0 Å². The lowest BCUT2D eigenvalue weighted by molar-refractivity contribution is 0.200. The van der Waals surface area contributed by atoms with Crippen molar-refractivity contribution in [2.45, 2.75) is 19.4 Å². The highest BCUT2D eigenvalue weighted by Crippen LogP contribution is 2.23. The predicted octanol–water partition coefficient (Wildman–Crippen LogP) is 6.02. The number of aromatic nitrogens is 6. The molecule has 1 atom stereocenters. The van der Waals surface area contributed by atoms with Crippen molar-refractivity contribution in [1.82, 2.24) is 45.9 Å². The van der Waals surface area contributed by atoms with E-state index in [1.807, 2.05) is 42.5 Å². The van der Waals surface area contributed by atoms with Crippen LogP contribution in [0.25, 0.3) is 10.8 Å². The van der Waals surface area contributed by atoms with Gasteiger partial charge in [-0.05, 0) is 47.5 Å². The smallest absolute Gasteiger partial charge is 0.234 e. The maximum absolute atomic E-state index is 13.4. The minimum Gasteiger partial charge on any atom is -0.490 e. The second-order valence-electron chi connectivity index (χ2n) is 16.9. The number of hydrogen-bond acceptors (Lipinski definition) is 17. The van der Waals surface area contributed by atoms with Gasteiger partial charge in [0.05, 0.1) is 37.2 Å². The molecule has 72 heavy (non-hydrogen) atoms. The Hall–Kier alpha value is -7.48. The lowest BCUT2D eigenvalue weighted by atomic mass is 10.1. The van der Waals surface area contributed by atoms with E-state index in [4.69, 9.17) is 23.7 Å². The number of hydrogen-bond donors (Lipinski definition) is 3. The summed E-state index contributed by atoms with van der Waals surface area (Å²) in [6.45, 7) is 14.2. The molecule has 6 heterocycles. The van der Waals surface area contributed by atoms with E-state index in [1.165, 1.54) is 28.6 Å². The standard InChI is InChI=1S/C20H22N4O2.C17H22N4O.C16H18F2N4O2/c1-2-4-17-13-18(6-5-16(17)3-1)25-11-12-26-20-15-22-14-19(23-20)24-9-7-21-8-10-24;1-14(11-15-5-3-2-4-6-15)22-17-13-19-12-16(20-17)21-9-7-18-8-10-21;17-12-2-1-3-13(18)16(12)24-9-8-23-15-11-20-10-14(21-15)22-6-4-19-5-7-22/h1-6,13-15,21H,7-12H2;2-6,12-14,18H,7-11H2,1H3;1-3,10-11,19H,4-9H2. The van der Waals surface area contributed by atoms with Crippen LogP contribution in [0.2, 0.25) is 0 Å². The van der Waals surface area contributed by atoms with Gasteiger partial charge >= 0.3 is 0 Å². The SMILES string of the molecule is CC(Cc1ccccc1)Oc1cncc(N2CCNCC2)n1.Fc1cccc(F)c1OCCOc1cncc(N2CCNCC2)n1.c1ccc2cc(OCCOc3cncc(N4CCNCC4)n3)ccc2c1. The third-order valence-electron chi connectivity index (χ3n) is 11.6. The molecule has 0 radical (unpaired) electrons. The van der Waals surface area contributed by atoms with Crippen molar-refractivity contribution >= 4 is 28.2 Å². The number of benzene rings is 4. The molecule has 3 saturated heterocycles. The van der Waals surface area contributed by atoms with Gasteiger partial charge in [0.1, 0.15) is 38.3 Å². The maximum atomic E-state index is 13.4. The first-order valence-electron chi connectivity index (χ1n) is 24.4. The fraction of sp³-hybridized carbons (Fsp3) is 0.358. The Bertz CT molecular complexity index is 2690. The number of ether oxygens (including phenoxy) is 5. The van der Waals surface area contributed by atoms with E-state index in [0.29, 0.717) is 30.9 Å². The van der Waals surface area contributed by atoms with Crippen molar-refractivity contribution in [3.8, 4) is 29.1 Å². The van der Waals surface area contributed by atoms with E-state index in [2.05, 4.69) is 97.8 Å². The molecule has 4 aromatic carbocycles. The molecule has 3 N–H and O–H groups in total. The Balaban J connectivity index is 0.000000145. The average molecular weight is 985 g/mol. The van der Waals surface area contributed by atoms with Crippen molar-refractivity contribution in [3.05, 3.63) is 145 Å². The number of anilines is 3. The van der Waals surface area contributed by atoms with Crippen LogP contribution in [0, 0.1) is 11.6 Å². The van der Waals surface area contributed by atoms with Gasteiger partial charge in [0.15, 0.2) is 34.8 Å². The van der Waals surface area contributed by atoms with Crippen LogP contribution in [0.3, 0.4) is 0 Å². The predicted molar refractivity (Wildman–Crippen MR) is 274 cm³/mol. The first-order chi connectivity index (χ1) is 35.4. The van der Waals surface area contributed by atoms with Crippen molar-refractivity contribution in [3.63, 3.8) is 0 Å². The normalized spacial score (nSPS) is 15.0. The Morgan fingerprint density at radius 3 is 1.49 bits per heavy atom. The van der Waals surface area contributed by atoms with Crippen LogP contribution in [0.15, 0.2) is 128 Å². The zero-order chi connectivity index (χ0) is 49.6. The quantitative estimate of drug-likeness (QED) is 0.0906. The first kappa shape index (κ1) is 50.9. The molecule has 3 aliphatic heterocycles. The highest BCUT2D eigenvalue weighted by Gasteiger charge is 2.17. The van der Waals surface area contributed by atoms with E-state index >= 15 is 0 Å². The van der Waals surface area contributed by atoms with E-state index in [0.717, 1.165) is 120 Å². The summed E-state index contributed by atoms with van der Waals surface area (Å²) in [5, 5.41) is 12.3. The fourth-order valence-electron chi connectivity index (χ4n) is 8.02. The van der Waals surface area contributed by atoms with Crippen LogP contribution in [0.1, 0.15) is 12.5 Å². The second-order valence-corrected chi connectivity index (χ2v) is 16.9. The molecule has 378 valence electrons. The van der Waals surface area contributed by atoms with Gasteiger partial charge < -0.3 is 54.3 Å². The van der Waals surface area contributed by atoms with Crippen molar-refractivity contribution in [1.29, 1.82) is 0 Å². The largest absolute Gasteiger partial charge is 0.490 e. The molecule has 0 spiro atoms. The fourth-order valence-corrected chi connectivity index (χ4v) is 8.02. The molecule has 3 fully saturated rings. The minimum atomic E-state index is -0.740. The zero-order valence-corrected chi connectivity index (χ0v) is 40.5. The number of para-hydroxylation sites is 1. The van der Waals surface area contributed by atoms with E-state index in [-0.39, 0.29) is 19.3 Å². The minimum absolute atomic E-state index is 0.00258. The van der Waals surface area contributed by atoms with Crippen LogP contribution in [0.4, 0.5) is 26.2 Å². The molecule has 10 rings (SSSR count). The summed E-state index contributed by atoms with van der Waals surface area (Å²) in [7, 11) is 0. The molecule has 19 heteroatoms. The Morgan fingerprint density at radius 1 is 0.486 bits per heavy atom. The Kier molecular flexibility index (Phi) is 19.2. The lowest BCUT2D eigenvalue weighted by Crippen LogP contribution is -2.43. The Labute approximate surface area is 418 Å². The van der Waals surface area contributed by atoms with E-state index in [9.17, 15) is 8.78 Å². The molecular weight excluding hydrogens is 923 g/mol. The number of fused-ring (bicyclic) bond motifs is 1. The molecule has 17 nitrogen and oxygen atoms in total. The highest BCUT2D eigenvalue weighted by atomic mass is 19.1. The summed E-state index contributed by atoms with van der Waals surface area (Å²) in [6.07, 6.45) is 11.0. The number of rotatable bonds is 17. The molecule has 7 aromatic rings. The molecule has 3 aliphatic rings. The number of nitrogens with zero attached hydrogens (tertiary/aromatic N) is 9. The highest BCUT2D eigenvalue weighted by molar-refractivity contribution is 5.83. The van der Waals surface area contributed by atoms with E-state index in [1.54, 1.807) is 31.0 Å². The van der Waals surface area contributed by atoms with E-state index < -0.39 is 17.4 Å². The summed E-state index contributed by atoms with van der Waals surface area (Å²) in [5.74, 6) is 2.94. The van der Waals surface area contributed by atoms with Crippen molar-refractivity contribution in [2.24, 2.45) is 0 Å². The summed E-state index contributed by atoms with van der Waals surface area (Å²) in [4.78, 5) is 32.7. The number of piperazine rings is 3. The molecule has 0 aliphatic carbocycles. The third-order valence-corrected chi connectivity index (χ3v) is 11.6. The molecule has 0 amide bonds. The first-order valence-corrected chi connectivity index (χ1v) is 24.4. The number of nitrogens with one attached hydrogen (secondary N) is 3. The summed E-state index contributed by atoms with van der Waals surface area (Å²) < 4.78 is 54.8. The molecule has 0 saturated carbocycles. The molecule has 0 bridgehead atoms. The summed E-state index contributed by atoms with van der Waals surface area (Å²) >= 11 is 0. The zero-order valence-electron chi connectivity index (χ0n) is 40.5. The van der Waals surface area contributed by atoms with Crippen LogP contribution in [-0.2, 0) is 6.42 Å². The van der Waals surface area contributed by atoms with Crippen molar-refractivity contribution < 1.29 is 32.5 Å². The molecule has 3 aromatic heterocycles. The van der Waals surface area contributed by atoms with Gasteiger partial charge in [-0.1, -0.05) is 66.7 Å². The Morgan fingerprint density at radius 2 is 0.944 bits per heavy atom. The molecule has 1 unspecified atom stereocenters. The lowest BCUT2D eigenvalue weighted by Gasteiger charge is -2.28. The topological polar surface area (TPSA) is 169 Å². The van der Waals surface area contributed by atoms with Gasteiger partial charge in [-0.15, -0.1) is 0 Å². The maximum Gasteiger partial charge on any atom is 0.234 e. The second kappa shape index (κ2) is 27.2. The molecular formula is C53H62F2N12O5. The van der Waals surface area contributed by atoms with Gasteiger partial charge in [0, 0.05) is 85.0 Å². The van der Waals surface area contributed by atoms with Crippen LogP contribution in [0.5, 0.6) is 29.1 Å². The van der Waals surface area contributed by atoms with Gasteiger partial charge in [0.2, 0.25) is 17.6 Å². The summed E-state index contributed by atoms with van der Waals surface area (Å²) in [5.41, 5.74) is 1.27. The van der Waals surface area contributed by atoms with Crippen LogP contribution < -0.4 is 54.3 Å². The van der Waals surface area contributed by atoms with Crippen LogP contribution in [-0.4, -0.2) is 141 Å². The average Bonchev–Trinajstić information content (AvgIpc) is 3.43. The van der Waals surface area contributed by atoms with Crippen molar-refractivity contribution in [2.75, 3.05) is 120 Å². The monoisotopic (exact) mass is 984 g/mol. The number of halogens is 2. The van der Waals surface area contributed by atoms with Crippen LogP contribution >= 0.6 is 0 Å².